The highest BCUT2D eigenvalue weighted by atomic mass is 16.5. The zero-order valence-corrected chi connectivity index (χ0v) is 19.2. The van der Waals surface area contributed by atoms with Crippen molar-refractivity contribution < 1.29 is 33.6 Å². The number of allylic oxidation sites excluding steroid dienone is 1. The van der Waals surface area contributed by atoms with E-state index in [0.29, 0.717) is 40.9 Å². The van der Waals surface area contributed by atoms with Crippen molar-refractivity contribution in [2.45, 2.75) is 25.7 Å². The number of benzene rings is 2. The number of aliphatic hydroxyl groups excluding tert-OH is 1. The van der Waals surface area contributed by atoms with Gasteiger partial charge in [-0.25, -0.2) is 0 Å². The molecule has 0 spiro atoms. The molecule has 2 aromatic carbocycles. The largest absolute Gasteiger partial charge is 0.493 e. The summed E-state index contributed by atoms with van der Waals surface area (Å²) in [7, 11) is 6.12. The molecule has 0 unspecified atom stereocenters. The Hall–Kier alpha value is -3.19. The molecule has 32 heavy (non-hydrogen) atoms. The smallest absolute Gasteiger partial charge is 0.203 e. The molecule has 0 atom stereocenters. The Bertz CT molecular complexity index is 880. The van der Waals surface area contributed by atoms with Crippen LogP contribution < -0.4 is 23.7 Å². The standard InChI is InChI=1S/C25H32O7/c1-28-21-12-10-18(15-22(21)32-14-8-6-5-7-13-26)9-11-20(27)19-16-23(29-2)25(31-4)24(17-19)30-3/h9-12,15-17,26H,5-8,13-14H2,1-4H3/b11-9+. The van der Waals surface area contributed by atoms with Crippen LogP contribution in [0, 0.1) is 0 Å². The zero-order valence-electron chi connectivity index (χ0n) is 19.2. The van der Waals surface area contributed by atoms with Gasteiger partial charge in [0, 0.05) is 12.2 Å². The Morgan fingerprint density at radius 3 is 2.06 bits per heavy atom. The lowest BCUT2D eigenvalue weighted by Gasteiger charge is -2.13. The van der Waals surface area contributed by atoms with E-state index in [2.05, 4.69) is 0 Å². The summed E-state index contributed by atoms with van der Waals surface area (Å²) in [4.78, 5) is 12.7. The molecule has 7 nitrogen and oxygen atoms in total. The van der Waals surface area contributed by atoms with Crippen LogP contribution in [0.5, 0.6) is 28.7 Å². The van der Waals surface area contributed by atoms with E-state index in [9.17, 15) is 4.79 Å². The lowest BCUT2D eigenvalue weighted by atomic mass is 10.1. The van der Waals surface area contributed by atoms with Crippen molar-refractivity contribution in [3.05, 3.63) is 47.5 Å². The van der Waals surface area contributed by atoms with Gasteiger partial charge in [-0.2, -0.15) is 0 Å². The van der Waals surface area contributed by atoms with Gasteiger partial charge in [-0.3, -0.25) is 4.79 Å². The van der Waals surface area contributed by atoms with Crippen LogP contribution >= 0.6 is 0 Å². The number of unbranched alkanes of at least 4 members (excludes halogenated alkanes) is 3. The van der Waals surface area contributed by atoms with Crippen molar-refractivity contribution in [1.82, 2.24) is 0 Å². The van der Waals surface area contributed by atoms with E-state index in [4.69, 9.17) is 28.8 Å². The molecular weight excluding hydrogens is 412 g/mol. The molecular formula is C25H32O7. The second-order valence-corrected chi connectivity index (χ2v) is 7.01. The number of ketones is 1. The summed E-state index contributed by atoms with van der Waals surface area (Å²) in [6.45, 7) is 0.775. The van der Waals surface area contributed by atoms with Crippen LogP contribution in [0.3, 0.4) is 0 Å². The summed E-state index contributed by atoms with van der Waals surface area (Å²) in [5.41, 5.74) is 1.23. The molecule has 0 fully saturated rings. The molecule has 0 aliphatic carbocycles. The van der Waals surface area contributed by atoms with Crippen molar-refractivity contribution in [2.75, 3.05) is 41.7 Å². The van der Waals surface area contributed by atoms with Crippen molar-refractivity contribution in [3.8, 4) is 28.7 Å². The van der Waals surface area contributed by atoms with Gasteiger partial charge in [0.05, 0.1) is 35.0 Å². The van der Waals surface area contributed by atoms with Gasteiger partial charge < -0.3 is 28.8 Å². The Morgan fingerprint density at radius 2 is 1.47 bits per heavy atom. The zero-order chi connectivity index (χ0) is 23.3. The molecule has 0 heterocycles. The summed E-state index contributed by atoms with van der Waals surface area (Å²) in [6, 6.07) is 8.74. The first-order valence-corrected chi connectivity index (χ1v) is 10.5. The van der Waals surface area contributed by atoms with Crippen molar-refractivity contribution in [3.63, 3.8) is 0 Å². The average Bonchev–Trinajstić information content (AvgIpc) is 2.83. The molecule has 0 aliphatic heterocycles. The highest BCUT2D eigenvalue weighted by Gasteiger charge is 2.16. The van der Waals surface area contributed by atoms with Crippen LogP contribution in [0.2, 0.25) is 0 Å². The third-order valence-corrected chi connectivity index (χ3v) is 4.87. The van der Waals surface area contributed by atoms with Gasteiger partial charge in [0.2, 0.25) is 5.75 Å². The summed E-state index contributed by atoms with van der Waals surface area (Å²) >= 11 is 0. The Kier molecular flexibility index (Phi) is 10.4. The van der Waals surface area contributed by atoms with Crippen LogP contribution in [0.25, 0.3) is 6.08 Å². The van der Waals surface area contributed by atoms with E-state index in [-0.39, 0.29) is 12.4 Å². The molecule has 0 radical (unpaired) electrons. The van der Waals surface area contributed by atoms with Crippen LogP contribution in [0.4, 0.5) is 0 Å². The van der Waals surface area contributed by atoms with Crippen LogP contribution in [0.15, 0.2) is 36.4 Å². The lowest BCUT2D eigenvalue weighted by Crippen LogP contribution is -2.01. The lowest BCUT2D eigenvalue weighted by molar-refractivity contribution is 0.104. The number of ether oxygens (including phenoxy) is 5. The molecule has 0 aromatic heterocycles. The molecule has 2 aromatic rings. The minimum atomic E-state index is -0.202. The predicted octanol–water partition coefficient (Wildman–Crippen LogP) is 4.55. The van der Waals surface area contributed by atoms with E-state index in [0.717, 1.165) is 31.2 Å². The minimum absolute atomic E-state index is 0.202. The van der Waals surface area contributed by atoms with E-state index in [1.54, 1.807) is 25.3 Å². The molecule has 1 N–H and O–H groups in total. The van der Waals surface area contributed by atoms with E-state index in [1.165, 1.54) is 27.4 Å². The first kappa shape index (κ1) is 25.1. The van der Waals surface area contributed by atoms with Crippen LogP contribution in [-0.2, 0) is 0 Å². The summed E-state index contributed by atoms with van der Waals surface area (Å²) < 4.78 is 27.2. The molecule has 0 bridgehead atoms. The molecule has 0 aliphatic rings. The number of methoxy groups -OCH3 is 4. The number of aliphatic hydroxyl groups is 1. The molecule has 0 saturated heterocycles. The van der Waals surface area contributed by atoms with Gasteiger partial charge in [0.25, 0.3) is 0 Å². The highest BCUT2D eigenvalue weighted by Crippen LogP contribution is 2.38. The first-order valence-electron chi connectivity index (χ1n) is 10.5. The topological polar surface area (TPSA) is 83.5 Å². The van der Waals surface area contributed by atoms with Crippen molar-refractivity contribution >= 4 is 11.9 Å². The van der Waals surface area contributed by atoms with E-state index >= 15 is 0 Å². The maximum Gasteiger partial charge on any atom is 0.203 e. The normalized spacial score (nSPS) is 10.8. The van der Waals surface area contributed by atoms with Crippen molar-refractivity contribution in [1.29, 1.82) is 0 Å². The maximum absolute atomic E-state index is 12.7. The molecule has 7 heteroatoms. The Balaban J connectivity index is 2.13. The fourth-order valence-electron chi connectivity index (χ4n) is 3.15. The predicted molar refractivity (Wildman–Crippen MR) is 124 cm³/mol. The van der Waals surface area contributed by atoms with E-state index in [1.807, 2.05) is 18.2 Å². The van der Waals surface area contributed by atoms with Gasteiger partial charge in [0.15, 0.2) is 28.8 Å². The van der Waals surface area contributed by atoms with Gasteiger partial charge >= 0.3 is 0 Å². The van der Waals surface area contributed by atoms with Gasteiger partial charge in [0.1, 0.15) is 0 Å². The number of carbonyl (C=O) groups excluding carboxylic acids is 1. The second-order valence-electron chi connectivity index (χ2n) is 7.01. The number of hydrogen-bond acceptors (Lipinski definition) is 7. The number of rotatable bonds is 14. The molecule has 174 valence electrons. The van der Waals surface area contributed by atoms with Crippen LogP contribution in [-0.4, -0.2) is 52.5 Å². The molecule has 2 rings (SSSR count). The number of hydrogen-bond donors (Lipinski definition) is 1. The average molecular weight is 445 g/mol. The fraction of sp³-hybridized carbons (Fsp3) is 0.400. The SMILES string of the molecule is COc1ccc(/C=C/C(=O)c2cc(OC)c(OC)c(OC)c2)cc1OCCCCCCO. The Labute approximate surface area is 189 Å². The van der Waals surface area contributed by atoms with E-state index < -0.39 is 0 Å². The minimum Gasteiger partial charge on any atom is -0.493 e. The monoisotopic (exact) mass is 444 g/mol. The van der Waals surface area contributed by atoms with Gasteiger partial charge in [-0.1, -0.05) is 18.6 Å². The van der Waals surface area contributed by atoms with Gasteiger partial charge in [-0.15, -0.1) is 0 Å². The van der Waals surface area contributed by atoms with Gasteiger partial charge in [-0.05, 0) is 55.2 Å². The molecule has 0 amide bonds. The summed E-state index contributed by atoms with van der Waals surface area (Å²) in [5.74, 6) is 2.33. The van der Waals surface area contributed by atoms with Crippen molar-refractivity contribution in [2.24, 2.45) is 0 Å². The summed E-state index contributed by atoms with van der Waals surface area (Å²) in [6.07, 6.45) is 6.88. The van der Waals surface area contributed by atoms with Crippen LogP contribution in [0.1, 0.15) is 41.6 Å². The molecule has 0 saturated carbocycles. The third-order valence-electron chi connectivity index (χ3n) is 4.87. The maximum atomic E-state index is 12.7. The second kappa shape index (κ2) is 13.3. The number of carbonyl (C=O) groups is 1. The summed E-state index contributed by atoms with van der Waals surface area (Å²) in [5, 5.41) is 8.84. The third kappa shape index (κ3) is 6.92. The highest BCUT2D eigenvalue weighted by molar-refractivity contribution is 6.07. The fourth-order valence-corrected chi connectivity index (χ4v) is 3.15. The first-order chi connectivity index (χ1) is 15.6. The quantitative estimate of drug-likeness (QED) is 0.260. The Morgan fingerprint density at radius 1 is 0.812 bits per heavy atom.